The van der Waals surface area contributed by atoms with Crippen LogP contribution in [0.2, 0.25) is 0 Å². The van der Waals surface area contributed by atoms with Crippen LogP contribution in [0.15, 0.2) is 30.3 Å². The van der Waals surface area contributed by atoms with Gasteiger partial charge in [0.05, 0.1) is 0 Å². The van der Waals surface area contributed by atoms with E-state index in [0.717, 1.165) is 17.0 Å². The Morgan fingerprint density at radius 1 is 1.33 bits per heavy atom. The lowest BCUT2D eigenvalue weighted by atomic mass is 10.3. The van der Waals surface area contributed by atoms with Crippen LogP contribution in [0.1, 0.15) is 0 Å². The summed E-state index contributed by atoms with van der Waals surface area (Å²) in [5, 5.41) is 0. The number of hydrogen-bond acceptors (Lipinski definition) is 4. The van der Waals surface area contributed by atoms with Gasteiger partial charge in [-0.2, -0.15) is 0 Å². The topological polar surface area (TPSA) is 47.7 Å². The SMILES string of the molecule is NCCN([SiH2]O[SiH2]O[SiH3])c1ccccc1. The van der Waals surface area contributed by atoms with E-state index in [1.54, 1.807) is 0 Å². The van der Waals surface area contributed by atoms with Crippen LogP contribution in [0.25, 0.3) is 0 Å². The van der Waals surface area contributed by atoms with Crippen LogP contribution in [0.5, 0.6) is 0 Å². The van der Waals surface area contributed by atoms with Gasteiger partial charge < -0.3 is 18.5 Å². The first-order chi connectivity index (χ1) is 7.38. The first kappa shape index (κ1) is 12.6. The van der Waals surface area contributed by atoms with Crippen molar-refractivity contribution in [2.75, 3.05) is 17.7 Å². The predicted molar refractivity (Wildman–Crippen MR) is 72.0 cm³/mol. The van der Waals surface area contributed by atoms with Gasteiger partial charge in [-0.05, 0) is 12.1 Å². The zero-order valence-electron chi connectivity index (χ0n) is 9.06. The number of rotatable bonds is 7. The maximum absolute atomic E-state index is 5.61. The molecule has 0 amide bonds. The number of nitrogens with two attached hydrogens (primary N) is 1. The Morgan fingerprint density at radius 3 is 2.67 bits per heavy atom. The van der Waals surface area contributed by atoms with Crippen molar-refractivity contribution in [3.05, 3.63) is 30.3 Å². The molecule has 0 radical (unpaired) electrons. The molecule has 0 atom stereocenters. The summed E-state index contributed by atoms with van der Waals surface area (Å²) in [4.78, 5) is 0. The first-order valence-corrected chi connectivity index (χ1v) is 8.13. The standard InChI is InChI=1S/C8H18N2O2Si3/c9-6-7-10(14-12-15-11-13)8-4-2-1-3-5-8/h1-5H,6-7,9,14-15H2,13H3. The van der Waals surface area contributed by atoms with E-state index in [1.807, 2.05) is 18.2 Å². The summed E-state index contributed by atoms with van der Waals surface area (Å²) in [7, 11) is -0.597. The summed E-state index contributed by atoms with van der Waals surface area (Å²) < 4.78 is 13.0. The largest absolute Gasteiger partial charge is 0.449 e. The summed E-state index contributed by atoms with van der Waals surface area (Å²) >= 11 is 0. The highest BCUT2D eigenvalue weighted by molar-refractivity contribution is 6.44. The molecule has 2 N–H and O–H groups in total. The summed E-state index contributed by atoms with van der Waals surface area (Å²) in [5.74, 6) is 0. The van der Waals surface area contributed by atoms with Gasteiger partial charge in [-0.1, -0.05) is 18.2 Å². The molecule has 0 saturated heterocycles. The molecule has 0 aliphatic rings. The Kier molecular flexibility index (Phi) is 6.56. The lowest BCUT2D eigenvalue weighted by molar-refractivity contribution is 0.499. The average Bonchev–Trinajstić information content (AvgIpc) is 2.29. The van der Waals surface area contributed by atoms with Crippen LogP contribution in [-0.4, -0.2) is 43.5 Å². The number of para-hydroxylation sites is 1. The van der Waals surface area contributed by atoms with Gasteiger partial charge in [-0.25, -0.2) is 0 Å². The molecule has 0 aromatic heterocycles. The molecule has 0 fully saturated rings. The van der Waals surface area contributed by atoms with E-state index in [4.69, 9.17) is 14.0 Å². The molecule has 0 spiro atoms. The maximum Gasteiger partial charge on any atom is 0.284 e. The second-order valence-corrected chi connectivity index (χ2v) is 8.33. The molecule has 84 valence electrons. The Bertz CT molecular complexity index is 263. The quantitative estimate of drug-likeness (QED) is 0.444. The maximum atomic E-state index is 5.61. The van der Waals surface area contributed by atoms with Crippen molar-refractivity contribution in [1.29, 1.82) is 0 Å². The predicted octanol–water partition coefficient (Wildman–Crippen LogP) is -2.24. The van der Waals surface area contributed by atoms with Crippen LogP contribution in [-0.2, 0) is 8.23 Å². The normalized spacial score (nSPS) is 12.1. The average molecular weight is 259 g/mol. The van der Waals surface area contributed by atoms with E-state index < -0.39 is 19.9 Å². The highest BCUT2D eigenvalue weighted by Gasteiger charge is 2.04. The minimum absolute atomic E-state index is 0.661. The molecule has 0 heterocycles. The molecule has 1 aromatic rings. The molecular weight excluding hydrogens is 240 g/mol. The van der Waals surface area contributed by atoms with Crippen molar-refractivity contribution in [3.63, 3.8) is 0 Å². The van der Waals surface area contributed by atoms with Crippen molar-refractivity contribution >= 4 is 36.1 Å². The van der Waals surface area contributed by atoms with Crippen molar-refractivity contribution in [2.24, 2.45) is 5.73 Å². The summed E-state index contributed by atoms with van der Waals surface area (Å²) in [6.45, 7) is 1.53. The van der Waals surface area contributed by atoms with Crippen molar-refractivity contribution < 1.29 is 8.23 Å². The van der Waals surface area contributed by atoms with E-state index in [9.17, 15) is 0 Å². The van der Waals surface area contributed by atoms with E-state index in [-0.39, 0.29) is 0 Å². The molecule has 4 nitrogen and oxygen atoms in total. The zero-order valence-corrected chi connectivity index (χ0v) is 13.9. The van der Waals surface area contributed by atoms with E-state index in [0.29, 0.717) is 6.54 Å². The fourth-order valence-corrected chi connectivity index (χ4v) is 5.31. The molecule has 7 heteroatoms. The van der Waals surface area contributed by atoms with E-state index in [1.165, 1.54) is 5.69 Å². The van der Waals surface area contributed by atoms with Crippen LogP contribution < -0.4 is 10.3 Å². The molecule has 0 bridgehead atoms. The van der Waals surface area contributed by atoms with Gasteiger partial charge in [-0.3, -0.25) is 0 Å². The molecule has 0 aliphatic carbocycles. The smallest absolute Gasteiger partial charge is 0.284 e. The van der Waals surface area contributed by atoms with Gasteiger partial charge in [0.15, 0.2) is 0 Å². The van der Waals surface area contributed by atoms with Crippen molar-refractivity contribution in [1.82, 2.24) is 0 Å². The van der Waals surface area contributed by atoms with Crippen LogP contribution >= 0.6 is 0 Å². The zero-order chi connectivity index (χ0) is 10.9. The number of nitrogens with zero attached hydrogens (tertiary/aromatic N) is 1. The Morgan fingerprint density at radius 2 is 2.07 bits per heavy atom. The van der Waals surface area contributed by atoms with Gasteiger partial charge in [0.25, 0.3) is 19.9 Å². The number of anilines is 1. The lowest BCUT2D eigenvalue weighted by Gasteiger charge is -2.23. The second-order valence-electron chi connectivity index (χ2n) is 3.13. The van der Waals surface area contributed by atoms with Gasteiger partial charge in [0.1, 0.15) is 10.5 Å². The van der Waals surface area contributed by atoms with Crippen LogP contribution in [0, 0.1) is 0 Å². The van der Waals surface area contributed by atoms with Crippen molar-refractivity contribution in [3.8, 4) is 0 Å². The minimum Gasteiger partial charge on any atom is -0.449 e. The molecule has 0 aliphatic heterocycles. The summed E-state index contributed by atoms with van der Waals surface area (Å²) in [5.41, 5.74) is 6.79. The van der Waals surface area contributed by atoms with Gasteiger partial charge in [-0.15, -0.1) is 0 Å². The van der Waals surface area contributed by atoms with Gasteiger partial charge in [0.2, 0.25) is 0 Å². The van der Waals surface area contributed by atoms with Gasteiger partial charge in [0, 0.05) is 18.8 Å². The van der Waals surface area contributed by atoms with Crippen LogP contribution in [0.3, 0.4) is 0 Å². The monoisotopic (exact) mass is 258 g/mol. The fourth-order valence-electron chi connectivity index (χ4n) is 1.29. The molecular formula is C8H18N2O2Si3. The second kappa shape index (κ2) is 7.79. The first-order valence-electron chi connectivity index (χ1n) is 4.95. The molecule has 1 aromatic carbocycles. The molecule has 0 unspecified atom stereocenters. The highest BCUT2D eigenvalue weighted by atomic mass is 28.3. The third-order valence-electron chi connectivity index (χ3n) is 1.97. The third kappa shape index (κ3) is 4.73. The minimum atomic E-state index is -0.702. The Hall–Kier alpha value is -0.449. The third-order valence-corrected chi connectivity index (χ3v) is 5.30. The van der Waals surface area contributed by atoms with Crippen LogP contribution in [0.4, 0.5) is 5.69 Å². The fraction of sp³-hybridized carbons (Fsp3) is 0.250. The molecule has 0 saturated carbocycles. The van der Waals surface area contributed by atoms with Crippen molar-refractivity contribution in [2.45, 2.75) is 0 Å². The number of benzene rings is 1. The Labute approximate surface area is 98.4 Å². The lowest BCUT2D eigenvalue weighted by Crippen LogP contribution is -2.35. The number of hydrogen-bond donors (Lipinski definition) is 1. The Balaban J connectivity index is 2.50. The summed E-state index contributed by atoms with van der Waals surface area (Å²) in [6, 6.07) is 10.3. The molecule has 15 heavy (non-hydrogen) atoms. The van der Waals surface area contributed by atoms with Gasteiger partial charge >= 0.3 is 0 Å². The summed E-state index contributed by atoms with van der Waals surface area (Å²) in [6.07, 6.45) is 0. The molecule has 1 rings (SSSR count). The van der Waals surface area contributed by atoms with E-state index in [2.05, 4.69) is 16.7 Å². The van der Waals surface area contributed by atoms with E-state index >= 15 is 0 Å². The highest BCUT2D eigenvalue weighted by Crippen LogP contribution is 2.10.